The van der Waals surface area contributed by atoms with Crippen molar-refractivity contribution in [3.8, 4) is 0 Å². The number of carbonyl (C=O) groups excluding carboxylic acids is 2. The lowest BCUT2D eigenvalue weighted by atomic mass is 10.0. The smallest absolute Gasteiger partial charge is 0.305 e. The number of aliphatic hydroxyl groups excluding tert-OH is 2. The van der Waals surface area contributed by atoms with Crippen molar-refractivity contribution in [2.75, 3.05) is 13.2 Å². The van der Waals surface area contributed by atoms with Gasteiger partial charge in [-0.05, 0) is 51.4 Å². The van der Waals surface area contributed by atoms with Gasteiger partial charge >= 0.3 is 5.97 Å². The summed E-state index contributed by atoms with van der Waals surface area (Å²) in [7, 11) is 0. The molecule has 0 saturated carbocycles. The Hall–Kier alpha value is -1.66. The molecule has 6 heteroatoms. The zero-order valence-electron chi connectivity index (χ0n) is 48.0. The summed E-state index contributed by atoms with van der Waals surface area (Å²) in [6.45, 7) is 4.90. The predicted octanol–water partition coefficient (Wildman–Crippen LogP) is 20.2. The first-order chi connectivity index (χ1) is 35.0. The Morgan fingerprint density at radius 1 is 0.394 bits per heavy atom. The van der Waals surface area contributed by atoms with E-state index in [1.54, 1.807) is 0 Å². The molecule has 0 aliphatic carbocycles. The maximum atomic E-state index is 12.5. The van der Waals surface area contributed by atoms with Crippen LogP contribution in [0.1, 0.15) is 354 Å². The van der Waals surface area contributed by atoms with Gasteiger partial charge in [-0.25, -0.2) is 0 Å². The van der Waals surface area contributed by atoms with Gasteiger partial charge in [-0.1, -0.05) is 314 Å². The molecule has 0 aliphatic heterocycles. The SMILES string of the molecule is CCC/C=C\C/C=C\CCCCCCCC(=O)OCCCCCCCCCCCCCCCCCCC(=O)NC(CO)C(O)CCCCCCCCCCCCCCCCCCCCCCCCCCC. The van der Waals surface area contributed by atoms with Gasteiger partial charge < -0.3 is 20.3 Å². The van der Waals surface area contributed by atoms with Crippen LogP contribution in [0.5, 0.6) is 0 Å². The fraction of sp³-hybridized carbons (Fsp3) is 0.908. The van der Waals surface area contributed by atoms with Crippen molar-refractivity contribution in [1.82, 2.24) is 5.32 Å². The van der Waals surface area contributed by atoms with Gasteiger partial charge in [-0.2, -0.15) is 0 Å². The quantitative estimate of drug-likeness (QED) is 0.0320. The maximum Gasteiger partial charge on any atom is 0.305 e. The first kappa shape index (κ1) is 69.3. The molecule has 0 fully saturated rings. The topological polar surface area (TPSA) is 95.9 Å². The summed E-state index contributed by atoms with van der Waals surface area (Å²) in [6.07, 6.45) is 74.8. The summed E-state index contributed by atoms with van der Waals surface area (Å²) < 4.78 is 5.46. The number of carbonyl (C=O) groups is 2. The monoisotopic (exact) mass is 1000 g/mol. The highest BCUT2D eigenvalue weighted by molar-refractivity contribution is 5.76. The Balaban J connectivity index is 3.42. The highest BCUT2D eigenvalue weighted by atomic mass is 16.5. The molecule has 0 aromatic heterocycles. The zero-order chi connectivity index (χ0) is 51.4. The molecule has 2 atom stereocenters. The Bertz CT molecular complexity index is 1110. The molecule has 0 heterocycles. The number of ether oxygens (including phenoxy) is 1. The van der Waals surface area contributed by atoms with Crippen LogP contribution in [0.3, 0.4) is 0 Å². The highest BCUT2D eigenvalue weighted by Gasteiger charge is 2.20. The number of allylic oxidation sites excluding steroid dienone is 4. The number of hydrogen-bond donors (Lipinski definition) is 3. The minimum Gasteiger partial charge on any atom is -0.466 e. The minimum absolute atomic E-state index is 0.0112. The Morgan fingerprint density at radius 3 is 1.13 bits per heavy atom. The highest BCUT2D eigenvalue weighted by Crippen LogP contribution is 2.18. The van der Waals surface area contributed by atoms with Gasteiger partial charge in [0.2, 0.25) is 5.91 Å². The lowest BCUT2D eigenvalue weighted by Crippen LogP contribution is -2.45. The lowest BCUT2D eigenvalue weighted by molar-refractivity contribution is -0.143. The second-order valence-electron chi connectivity index (χ2n) is 22.1. The number of aliphatic hydroxyl groups is 2. The van der Waals surface area contributed by atoms with Crippen LogP contribution >= 0.6 is 0 Å². The Kier molecular flexibility index (Phi) is 59.5. The molecule has 0 bridgehead atoms. The van der Waals surface area contributed by atoms with Gasteiger partial charge in [0.15, 0.2) is 0 Å². The fourth-order valence-corrected chi connectivity index (χ4v) is 10.1. The van der Waals surface area contributed by atoms with E-state index in [1.165, 1.54) is 263 Å². The van der Waals surface area contributed by atoms with Crippen LogP contribution in [0.2, 0.25) is 0 Å². The number of amides is 1. The molecule has 6 nitrogen and oxygen atoms in total. The molecule has 420 valence electrons. The molecule has 0 spiro atoms. The minimum atomic E-state index is -0.671. The van der Waals surface area contributed by atoms with E-state index in [2.05, 4.69) is 43.5 Å². The Labute approximate surface area is 443 Å². The second-order valence-corrected chi connectivity index (χ2v) is 22.1. The molecule has 0 aromatic carbocycles. The summed E-state index contributed by atoms with van der Waals surface area (Å²) >= 11 is 0. The van der Waals surface area contributed by atoms with Gasteiger partial charge in [-0.15, -0.1) is 0 Å². The molecule has 0 aliphatic rings. The summed E-state index contributed by atoms with van der Waals surface area (Å²) in [5.74, 6) is -0.0495. The van der Waals surface area contributed by atoms with Crippen molar-refractivity contribution in [3.05, 3.63) is 24.3 Å². The number of unbranched alkanes of at least 4 members (excludes halogenated alkanes) is 45. The van der Waals surface area contributed by atoms with Crippen molar-refractivity contribution in [2.24, 2.45) is 0 Å². The molecule has 2 unspecified atom stereocenters. The number of hydrogen-bond acceptors (Lipinski definition) is 5. The van der Waals surface area contributed by atoms with Gasteiger partial charge in [0.25, 0.3) is 0 Å². The second kappa shape index (κ2) is 60.9. The van der Waals surface area contributed by atoms with Crippen molar-refractivity contribution in [1.29, 1.82) is 0 Å². The van der Waals surface area contributed by atoms with E-state index in [1.807, 2.05) is 0 Å². The first-order valence-corrected chi connectivity index (χ1v) is 32.1. The number of esters is 1. The molecule has 0 saturated heterocycles. The van der Waals surface area contributed by atoms with Crippen LogP contribution in [0, 0.1) is 0 Å². The third kappa shape index (κ3) is 57.5. The van der Waals surface area contributed by atoms with Gasteiger partial charge in [0.1, 0.15) is 0 Å². The van der Waals surface area contributed by atoms with Gasteiger partial charge in [0.05, 0.1) is 25.4 Å². The molecule has 0 aromatic rings. The normalized spacial score (nSPS) is 12.7. The van der Waals surface area contributed by atoms with E-state index >= 15 is 0 Å². The van der Waals surface area contributed by atoms with Crippen LogP contribution in [0.25, 0.3) is 0 Å². The predicted molar refractivity (Wildman–Crippen MR) is 310 cm³/mol. The first-order valence-electron chi connectivity index (χ1n) is 32.1. The van der Waals surface area contributed by atoms with E-state index in [0.29, 0.717) is 25.9 Å². The van der Waals surface area contributed by atoms with Crippen molar-refractivity contribution in [2.45, 2.75) is 366 Å². The zero-order valence-corrected chi connectivity index (χ0v) is 48.0. The van der Waals surface area contributed by atoms with E-state index < -0.39 is 12.1 Å². The third-order valence-electron chi connectivity index (χ3n) is 15.0. The van der Waals surface area contributed by atoms with Crippen molar-refractivity contribution < 1.29 is 24.5 Å². The summed E-state index contributed by atoms with van der Waals surface area (Å²) in [5.41, 5.74) is 0. The molecule has 3 N–H and O–H groups in total. The number of rotatable bonds is 60. The van der Waals surface area contributed by atoms with Crippen LogP contribution < -0.4 is 5.32 Å². The van der Waals surface area contributed by atoms with Gasteiger partial charge in [0, 0.05) is 12.8 Å². The van der Waals surface area contributed by atoms with Crippen LogP contribution in [-0.2, 0) is 14.3 Å². The summed E-state index contributed by atoms with van der Waals surface area (Å²) in [4.78, 5) is 24.6. The molecular weight excluding hydrogens is 875 g/mol. The van der Waals surface area contributed by atoms with E-state index in [0.717, 1.165) is 57.8 Å². The molecule has 1 amide bonds. The van der Waals surface area contributed by atoms with Crippen molar-refractivity contribution in [3.63, 3.8) is 0 Å². The van der Waals surface area contributed by atoms with Gasteiger partial charge in [-0.3, -0.25) is 9.59 Å². The molecule has 0 radical (unpaired) electrons. The summed E-state index contributed by atoms with van der Waals surface area (Å²) in [6, 6.07) is -0.548. The van der Waals surface area contributed by atoms with E-state index in [9.17, 15) is 19.8 Å². The number of nitrogens with one attached hydrogen (secondary N) is 1. The molecular formula is C65H125NO5. The average molecular weight is 1000 g/mol. The standard InChI is InChI=1S/C65H125NO5/c1-3-5-7-9-11-13-15-17-18-19-20-21-22-23-24-25-26-27-30-34-37-41-45-49-53-57-63(68)62(61-67)66-64(69)58-54-50-46-42-38-35-31-28-29-32-36-40-44-48-52-56-60-71-65(70)59-55-51-47-43-39-33-16-14-12-10-8-6-4-2/h8,10,14,16,62-63,67-68H,3-7,9,11-13,15,17-61H2,1-2H3,(H,66,69)/b10-8-,16-14-. The fourth-order valence-electron chi connectivity index (χ4n) is 10.1. The lowest BCUT2D eigenvalue weighted by Gasteiger charge is -2.22. The largest absolute Gasteiger partial charge is 0.466 e. The third-order valence-corrected chi connectivity index (χ3v) is 15.0. The van der Waals surface area contributed by atoms with Crippen LogP contribution in [0.15, 0.2) is 24.3 Å². The molecule has 71 heavy (non-hydrogen) atoms. The van der Waals surface area contributed by atoms with Crippen LogP contribution in [0.4, 0.5) is 0 Å². The average Bonchev–Trinajstić information content (AvgIpc) is 3.37. The molecule has 0 rings (SSSR count). The van der Waals surface area contributed by atoms with Crippen molar-refractivity contribution >= 4 is 11.9 Å². The van der Waals surface area contributed by atoms with E-state index in [-0.39, 0.29) is 18.5 Å². The van der Waals surface area contributed by atoms with E-state index in [4.69, 9.17) is 4.74 Å². The maximum absolute atomic E-state index is 12.5. The summed E-state index contributed by atoms with van der Waals surface area (Å²) in [5, 5.41) is 23.4. The Morgan fingerprint density at radius 2 is 0.732 bits per heavy atom. The van der Waals surface area contributed by atoms with Crippen LogP contribution in [-0.4, -0.2) is 47.4 Å².